The lowest BCUT2D eigenvalue weighted by Gasteiger charge is -2.18. The van der Waals surface area contributed by atoms with Crippen LogP contribution in [0.25, 0.3) is 0 Å². The van der Waals surface area contributed by atoms with E-state index in [1.165, 1.54) is 0 Å². The molecule has 2 N–H and O–H groups in total. The van der Waals surface area contributed by atoms with Gasteiger partial charge in [0.2, 0.25) is 0 Å². The molecule has 1 saturated heterocycles. The van der Waals surface area contributed by atoms with Crippen LogP contribution in [0.4, 0.5) is 0 Å². The van der Waals surface area contributed by atoms with E-state index in [0.717, 1.165) is 18.8 Å². The largest absolute Gasteiger partial charge is 0.325 e. The zero-order valence-electron chi connectivity index (χ0n) is 10.3. The Morgan fingerprint density at radius 3 is 2.83 bits per heavy atom. The van der Waals surface area contributed by atoms with E-state index < -0.39 is 9.84 Å². The average Bonchev–Trinajstić information content (AvgIpc) is 2.72. The summed E-state index contributed by atoms with van der Waals surface area (Å²) in [7, 11) is -2.83. The Kier molecular flexibility index (Phi) is 4.31. The SMILES string of the molecule is NCc1cn(CCN2CCCS(=O)(=O)CC2)nn1. The summed E-state index contributed by atoms with van der Waals surface area (Å²) in [6, 6.07) is 0. The zero-order chi connectivity index (χ0) is 13.0. The third-order valence-corrected chi connectivity index (χ3v) is 4.80. The summed E-state index contributed by atoms with van der Waals surface area (Å²) < 4.78 is 24.7. The second-order valence-electron chi connectivity index (χ2n) is 4.52. The van der Waals surface area contributed by atoms with E-state index in [1.54, 1.807) is 4.68 Å². The number of hydrogen-bond acceptors (Lipinski definition) is 6. The molecule has 8 heteroatoms. The van der Waals surface area contributed by atoms with Crippen LogP contribution in [-0.4, -0.2) is 59.5 Å². The molecule has 1 fully saturated rings. The van der Waals surface area contributed by atoms with Gasteiger partial charge in [-0.1, -0.05) is 5.21 Å². The molecule has 0 amide bonds. The highest BCUT2D eigenvalue weighted by atomic mass is 32.2. The molecule has 1 aliphatic rings. The monoisotopic (exact) mass is 273 g/mol. The highest BCUT2D eigenvalue weighted by Crippen LogP contribution is 2.05. The topological polar surface area (TPSA) is 94.1 Å². The smallest absolute Gasteiger partial charge is 0.151 e. The summed E-state index contributed by atoms with van der Waals surface area (Å²) in [5.41, 5.74) is 6.23. The lowest BCUT2D eigenvalue weighted by Crippen LogP contribution is -2.30. The van der Waals surface area contributed by atoms with Gasteiger partial charge in [0.25, 0.3) is 0 Å². The number of nitrogens with zero attached hydrogens (tertiary/aromatic N) is 4. The normalized spacial score (nSPS) is 20.7. The van der Waals surface area contributed by atoms with Crippen LogP contribution in [-0.2, 0) is 22.9 Å². The van der Waals surface area contributed by atoms with Crippen molar-refractivity contribution >= 4 is 9.84 Å². The second kappa shape index (κ2) is 5.77. The van der Waals surface area contributed by atoms with Gasteiger partial charge in [0.05, 0.1) is 23.7 Å². The van der Waals surface area contributed by atoms with E-state index in [0.29, 0.717) is 31.8 Å². The Bertz CT molecular complexity index is 484. The van der Waals surface area contributed by atoms with Gasteiger partial charge in [0.1, 0.15) is 0 Å². The lowest BCUT2D eigenvalue weighted by molar-refractivity contribution is 0.276. The van der Waals surface area contributed by atoms with Crippen molar-refractivity contribution in [3.8, 4) is 0 Å². The van der Waals surface area contributed by atoms with Crippen molar-refractivity contribution in [1.82, 2.24) is 19.9 Å². The quantitative estimate of drug-likeness (QED) is 0.745. The molecule has 0 aromatic carbocycles. The fraction of sp³-hybridized carbons (Fsp3) is 0.800. The molecule has 0 atom stereocenters. The average molecular weight is 273 g/mol. The van der Waals surface area contributed by atoms with Crippen molar-refractivity contribution < 1.29 is 8.42 Å². The maximum absolute atomic E-state index is 11.5. The van der Waals surface area contributed by atoms with Gasteiger partial charge in [-0.05, 0) is 13.0 Å². The minimum Gasteiger partial charge on any atom is -0.325 e. The van der Waals surface area contributed by atoms with Crippen molar-refractivity contribution in [2.75, 3.05) is 31.1 Å². The summed E-state index contributed by atoms with van der Waals surface area (Å²) in [5, 5.41) is 7.88. The van der Waals surface area contributed by atoms with Crippen molar-refractivity contribution in [3.63, 3.8) is 0 Å². The molecule has 102 valence electrons. The third-order valence-electron chi connectivity index (χ3n) is 3.09. The Balaban J connectivity index is 1.83. The van der Waals surface area contributed by atoms with E-state index >= 15 is 0 Å². The molecule has 18 heavy (non-hydrogen) atoms. The molecule has 0 aliphatic carbocycles. The van der Waals surface area contributed by atoms with Crippen LogP contribution in [0.15, 0.2) is 6.20 Å². The van der Waals surface area contributed by atoms with E-state index in [9.17, 15) is 8.42 Å². The van der Waals surface area contributed by atoms with Gasteiger partial charge in [-0.3, -0.25) is 4.68 Å². The third kappa shape index (κ3) is 3.76. The Hall–Kier alpha value is -0.990. The minimum absolute atomic E-state index is 0.262. The molecule has 1 aromatic heterocycles. The number of hydrogen-bond donors (Lipinski definition) is 1. The lowest BCUT2D eigenvalue weighted by atomic mass is 10.4. The van der Waals surface area contributed by atoms with E-state index in [4.69, 9.17) is 5.73 Å². The first-order chi connectivity index (χ1) is 8.59. The van der Waals surface area contributed by atoms with Crippen LogP contribution in [0.1, 0.15) is 12.1 Å². The predicted octanol–water partition coefficient (Wildman–Crippen LogP) is -1.14. The summed E-state index contributed by atoms with van der Waals surface area (Å²) in [6.45, 7) is 3.34. The fourth-order valence-corrected chi connectivity index (χ4v) is 3.31. The first-order valence-corrected chi connectivity index (χ1v) is 7.93. The maximum atomic E-state index is 11.5. The van der Waals surface area contributed by atoms with Crippen LogP contribution in [0, 0.1) is 0 Å². The van der Waals surface area contributed by atoms with Gasteiger partial charge in [-0.15, -0.1) is 5.10 Å². The second-order valence-corrected chi connectivity index (χ2v) is 6.83. The number of sulfone groups is 1. The molecule has 2 rings (SSSR count). The summed E-state index contributed by atoms with van der Waals surface area (Å²) >= 11 is 0. The van der Waals surface area contributed by atoms with E-state index in [2.05, 4.69) is 15.2 Å². The van der Waals surface area contributed by atoms with Crippen molar-refractivity contribution in [1.29, 1.82) is 0 Å². The Morgan fingerprint density at radius 1 is 1.28 bits per heavy atom. The van der Waals surface area contributed by atoms with Crippen LogP contribution in [0.2, 0.25) is 0 Å². The first kappa shape index (κ1) is 13.4. The summed E-state index contributed by atoms with van der Waals surface area (Å²) in [6.07, 6.45) is 2.54. The van der Waals surface area contributed by atoms with Gasteiger partial charge in [0, 0.05) is 25.8 Å². The van der Waals surface area contributed by atoms with Gasteiger partial charge in [-0.25, -0.2) is 8.42 Å². The molecular weight excluding hydrogens is 254 g/mol. The number of rotatable bonds is 4. The molecule has 2 heterocycles. The van der Waals surface area contributed by atoms with E-state index in [-0.39, 0.29) is 5.75 Å². The summed E-state index contributed by atoms with van der Waals surface area (Å²) in [4.78, 5) is 2.16. The molecule has 0 saturated carbocycles. The van der Waals surface area contributed by atoms with Gasteiger partial charge in [-0.2, -0.15) is 0 Å². The van der Waals surface area contributed by atoms with Crippen LogP contribution in [0.3, 0.4) is 0 Å². The molecular formula is C10H19N5O2S. The van der Waals surface area contributed by atoms with Crippen molar-refractivity contribution in [2.24, 2.45) is 5.73 Å². The first-order valence-electron chi connectivity index (χ1n) is 6.11. The Labute approximate surface area is 107 Å². The molecule has 1 aromatic rings. The van der Waals surface area contributed by atoms with Gasteiger partial charge in [0.15, 0.2) is 9.84 Å². The van der Waals surface area contributed by atoms with Crippen LogP contribution >= 0.6 is 0 Å². The maximum Gasteiger partial charge on any atom is 0.151 e. The number of nitrogens with two attached hydrogens (primary N) is 1. The molecule has 0 spiro atoms. The van der Waals surface area contributed by atoms with Crippen LogP contribution < -0.4 is 5.73 Å². The van der Waals surface area contributed by atoms with Gasteiger partial charge < -0.3 is 10.6 Å². The fourth-order valence-electron chi connectivity index (χ4n) is 2.00. The Morgan fingerprint density at radius 2 is 2.11 bits per heavy atom. The minimum atomic E-state index is -2.83. The van der Waals surface area contributed by atoms with Crippen LogP contribution in [0.5, 0.6) is 0 Å². The van der Waals surface area contributed by atoms with Crippen molar-refractivity contribution in [2.45, 2.75) is 19.5 Å². The summed E-state index contributed by atoms with van der Waals surface area (Å²) in [5.74, 6) is 0.572. The molecule has 0 unspecified atom stereocenters. The highest BCUT2D eigenvalue weighted by Gasteiger charge is 2.18. The number of aromatic nitrogens is 3. The molecule has 0 bridgehead atoms. The van der Waals surface area contributed by atoms with Gasteiger partial charge >= 0.3 is 0 Å². The predicted molar refractivity (Wildman–Crippen MR) is 67.6 cm³/mol. The molecule has 1 aliphatic heterocycles. The van der Waals surface area contributed by atoms with Crippen molar-refractivity contribution in [3.05, 3.63) is 11.9 Å². The van der Waals surface area contributed by atoms with E-state index in [1.807, 2.05) is 6.20 Å². The zero-order valence-corrected chi connectivity index (χ0v) is 11.1. The molecule has 7 nitrogen and oxygen atoms in total. The molecule has 0 radical (unpaired) electrons. The standard InChI is InChI=1S/C10H19N5O2S/c11-8-10-9-15(13-12-10)4-3-14-2-1-6-18(16,17)7-5-14/h9H,1-8,11H2. The highest BCUT2D eigenvalue weighted by molar-refractivity contribution is 7.91.